The zero-order chi connectivity index (χ0) is 23.2. The van der Waals surface area contributed by atoms with Gasteiger partial charge in [0.15, 0.2) is 0 Å². The van der Waals surface area contributed by atoms with Gasteiger partial charge in [-0.25, -0.2) is 4.79 Å². The highest BCUT2D eigenvalue weighted by molar-refractivity contribution is 5.94. The van der Waals surface area contributed by atoms with Gasteiger partial charge in [0.1, 0.15) is 18.1 Å². The number of nitrogens with two attached hydrogens (primary N) is 1. The number of nitrogens with one attached hydrogen (secondary N) is 2. The number of carbonyl (C=O) groups excluding carboxylic acids is 3. The lowest BCUT2D eigenvalue weighted by molar-refractivity contribution is -0.150. The highest BCUT2D eigenvalue weighted by Crippen LogP contribution is 2.20. The highest BCUT2D eigenvalue weighted by atomic mass is 16.4. The Bertz CT molecular complexity index is 639. The molecule has 0 bridgehead atoms. The van der Waals surface area contributed by atoms with Gasteiger partial charge in [-0.15, -0.1) is 0 Å². The van der Waals surface area contributed by atoms with E-state index in [2.05, 4.69) is 10.6 Å². The van der Waals surface area contributed by atoms with Gasteiger partial charge in [0.25, 0.3) is 0 Å². The Balaban J connectivity index is 2.94. The molecule has 1 heterocycles. The molecule has 10 nitrogen and oxygen atoms in total. The molecule has 1 aliphatic heterocycles. The van der Waals surface area contributed by atoms with Gasteiger partial charge < -0.3 is 31.5 Å². The van der Waals surface area contributed by atoms with E-state index in [1.54, 1.807) is 13.8 Å². The summed E-state index contributed by atoms with van der Waals surface area (Å²) in [6.45, 7) is 8.80. The number of aliphatic hydroxyl groups excluding tert-OH is 1. The van der Waals surface area contributed by atoms with Crippen molar-refractivity contribution in [1.82, 2.24) is 15.5 Å². The molecule has 0 saturated carbocycles. The normalized spacial score (nSPS) is 21.5. The summed E-state index contributed by atoms with van der Waals surface area (Å²) in [5.41, 5.74) is 5.90. The van der Waals surface area contributed by atoms with Gasteiger partial charge >= 0.3 is 5.97 Å². The number of hydrogen-bond donors (Lipinski definition) is 5. The number of carboxylic acids is 1. The molecule has 3 amide bonds. The summed E-state index contributed by atoms with van der Waals surface area (Å²) in [6, 6.07) is -4.04. The quantitative estimate of drug-likeness (QED) is 0.311. The van der Waals surface area contributed by atoms with E-state index in [1.165, 1.54) is 11.8 Å². The molecule has 0 aromatic rings. The minimum absolute atomic E-state index is 0.115. The molecule has 6 atom stereocenters. The fraction of sp³-hybridized carbons (Fsp3) is 0.800. The molecule has 6 unspecified atom stereocenters. The summed E-state index contributed by atoms with van der Waals surface area (Å²) in [7, 11) is 0. The van der Waals surface area contributed by atoms with Crippen molar-refractivity contribution in [2.45, 2.75) is 84.2 Å². The summed E-state index contributed by atoms with van der Waals surface area (Å²) >= 11 is 0. The molecule has 172 valence electrons. The first-order valence-electron chi connectivity index (χ1n) is 10.5. The average molecular weight is 429 g/mol. The number of rotatable bonds is 10. The number of nitrogens with zero attached hydrogens (tertiary/aromatic N) is 1. The fourth-order valence-electron chi connectivity index (χ4n) is 3.39. The maximum Gasteiger partial charge on any atom is 0.326 e. The van der Waals surface area contributed by atoms with E-state index in [1.807, 2.05) is 13.8 Å². The molecule has 0 radical (unpaired) electrons. The second-order valence-corrected chi connectivity index (χ2v) is 8.40. The third-order valence-corrected chi connectivity index (χ3v) is 5.67. The second kappa shape index (κ2) is 11.3. The lowest BCUT2D eigenvalue weighted by Gasteiger charge is -2.31. The Hall–Kier alpha value is -2.20. The van der Waals surface area contributed by atoms with E-state index in [-0.39, 0.29) is 11.8 Å². The number of likely N-dealkylation sites (tertiary alicyclic amines) is 1. The zero-order valence-corrected chi connectivity index (χ0v) is 18.4. The Morgan fingerprint density at radius 2 is 1.63 bits per heavy atom. The van der Waals surface area contributed by atoms with Gasteiger partial charge in [0, 0.05) is 6.54 Å². The van der Waals surface area contributed by atoms with Crippen molar-refractivity contribution in [3.05, 3.63) is 0 Å². The molecule has 1 rings (SSSR count). The van der Waals surface area contributed by atoms with E-state index in [4.69, 9.17) is 5.73 Å². The third kappa shape index (κ3) is 6.40. The molecule has 0 aliphatic carbocycles. The molecular formula is C20H36N4O6. The van der Waals surface area contributed by atoms with Crippen molar-refractivity contribution >= 4 is 23.7 Å². The highest BCUT2D eigenvalue weighted by Gasteiger charge is 2.40. The van der Waals surface area contributed by atoms with Crippen LogP contribution in [0.4, 0.5) is 0 Å². The van der Waals surface area contributed by atoms with E-state index in [9.17, 15) is 29.4 Å². The summed E-state index contributed by atoms with van der Waals surface area (Å²) in [5.74, 6) is -3.31. The maximum absolute atomic E-state index is 13.0. The topological polar surface area (TPSA) is 162 Å². The number of amides is 3. The predicted molar refractivity (Wildman–Crippen MR) is 110 cm³/mol. The molecule has 1 fully saturated rings. The molecule has 30 heavy (non-hydrogen) atoms. The molecule has 1 aliphatic rings. The number of aliphatic carboxylic acids is 1. The van der Waals surface area contributed by atoms with Crippen LogP contribution >= 0.6 is 0 Å². The van der Waals surface area contributed by atoms with Gasteiger partial charge in [-0.1, -0.05) is 34.1 Å². The number of carboxylic acid groups (broad SMARTS) is 1. The van der Waals surface area contributed by atoms with Gasteiger partial charge in [-0.05, 0) is 31.6 Å². The van der Waals surface area contributed by atoms with Crippen molar-refractivity contribution in [3.63, 3.8) is 0 Å². The monoisotopic (exact) mass is 428 g/mol. The van der Waals surface area contributed by atoms with Crippen LogP contribution in [0.2, 0.25) is 0 Å². The molecule has 0 aromatic carbocycles. The van der Waals surface area contributed by atoms with Crippen LogP contribution in [0.5, 0.6) is 0 Å². The lowest BCUT2D eigenvalue weighted by Crippen LogP contribution is -2.61. The first kappa shape index (κ1) is 25.8. The van der Waals surface area contributed by atoms with E-state index >= 15 is 0 Å². The van der Waals surface area contributed by atoms with Gasteiger partial charge in [0.05, 0.1) is 12.1 Å². The van der Waals surface area contributed by atoms with Crippen LogP contribution in [0.15, 0.2) is 0 Å². The summed E-state index contributed by atoms with van der Waals surface area (Å²) in [6.07, 6.45) is 0.380. The van der Waals surface area contributed by atoms with Crippen molar-refractivity contribution in [2.75, 3.05) is 6.54 Å². The molecule has 0 spiro atoms. The summed E-state index contributed by atoms with van der Waals surface area (Å²) < 4.78 is 0. The van der Waals surface area contributed by atoms with Crippen LogP contribution in [0.25, 0.3) is 0 Å². The minimum Gasteiger partial charge on any atom is -0.480 e. The van der Waals surface area contributed by atoms with Crippen LogP contribution in [0, 0.1) is 11.8 Å². The summed E-state index contributed by atoms with van der Waals surface area (Å²) in [4.78, 5) is 50.8. The van der Waals surface area contributed by atoms with E-state index in [0.29, 0.717) is 25.8 Å². The standard InChI is InChI=1S/C20H36N4O6/c1-6-11(4)14(21)17(26)23-16(12(5)25)18(27)22-15(10(2)3)19(28)24-9-7-8-13(24)20(29)30/h10-16,25H,6-9,21H2,1-5H3,(H,22,27)(H,23,26)(H,29,30). The van der Waals surface area contributed by atoms with Crippen molar-refractivity contribution in [2.24, 2.45) is 17.6 Å². The Labute approximate surface area is 177 Å². The predicted octanol–water partition coefficient (Wildman–Crippen LogP) is -0.558. The third-order valence-electron chi connectivity index (χ3n) is 5.67. The van der Waals surface area contributed by atoms with E-state index < -0.39 is 54.0 Å². The molecule has 6 N–H and O–H groups in total. The smallest absolute Gasteiger partial charge is 0.326 e. The Morgan fingerprint density at radius 1 is 1.07 bits per heavy atom. The van der Waals surface area contributed by atoms with Gasteiger partial charge in [-0.3, -0.25) is 14.4 Å². The van der Waals surface area contributed by atoms with Crippen molar-refractivity contribution in [3.8, 4) is 0 Å². The van der Waals surface area contributed by atoms with Crippen molar-refractivity contribution in [1.29, 1.82) is 0 Å². The van der Waals surface area contributed by atoms with Crippen LogP contribution in [0.3, 0.4) is 0 Å². The molecule has 0 aromatic heterocycles. The Kier molecular flexibility index (Phi) is 9.70. The number of hydrogen-bond acceptors (Lipinski definition) is 6. The molecule has 1 saturated heterocycles. The van der Waals surface area contributed by atoms with Crippen LogP contribution in [-0.4, -0.2) is 75.6 Å². The lowest BCUT2D eigenvalue weighted by atomic mass is 9.98. The van der Waals surface area contributed by atoms with Gasteiger partial charge in [0.2, 0.25) is 17.7 Å². The average Bonchev–Trinajstić information content (AvgIpc) is 3.17. The van der Waals surface area contributed by atoms with Crippen molar-refractivity contribution < 1.29 is 29.4 Å². The molecule has 10 heteroatoms. The largest absolute Gasteiger partial charge is 0.480 e. The van der Waals surface area contributed by atoms with Crippen LogP contribution < -0.4 is 16.4 Å². The second-order valence-electron chi connectivity index (χ2n) is 8.40. The summed E-state index contributed by atoms with van der Waals surface area (Å²) in [5, 5.41) is 24.4. The SMILES string of the molecule is CCC(C)C(N)C(=O)NC(C(=O)NC(C(=O)N1CCCC1C(=O)O)C(C)C)C(C)O. The van der Waals surface area contributed by atoms with Gasteiger partial charge in [-0.2, -0.15) is 0 Å². The van der Waals surface area contributed by atoms with Crippen LogP contribution in [-0.2, 0) is 19.2 Å². The fourth-order valence-corrected chi connectivity index (χ4v) is 3.39. The first-order valence-corrected chi connectivity index (χ1v) is 10.5. The first-order chi connectivity index (χ1) is 13.9. The Morgan fingerprint density at radius 3 is 2.10 bits per heavy atom. The van der Waals surface area contributed by atoms with Crippen LogP contribution in [0.1, 0.15) is 53.9 Å². The number of aliphatic hydroxyl groups is 1. The van der Waals surface area contributed by atoms with E-state index in [0.717, 1.165) is 0 Å². The number of carbonyl (C=O) groups is 4. The maximum atomic E-state index is 13.0. The zero-order valence-electron chi connectivity index (χ0n) is 18.4. The molecular weight excluding hydrogens is 392 g/mol. The minimum atomic E-state index is -1.30.